The lowest BCUT2D eigenvalue weighted by atomic mass is 10.0. The topological polar surface area (TPSA) is 71.1 Å². The molecule has 90 valence electrons. The Morgan fingerprint density at radius 2 is 2.41 bits per heavy atom. The maximum atomic E-state index is 9.02. The Morgan fingerprint density at radius 3 is 3.06 bits per heavy atom. The highest BCUT2D eigenvalue weighted by Crippen LogP contribution is 2.26. The zero-order chi connectivity index (χ0) is 12.3. The molecule has 0 aromatic heterocycles. The summed E-state index contributed by atoms with van der Waals surface area (Å²) in [6.07, 6.45) is 2.15. The van der Waals surface area contributed by atoms with Crippen LogP contribution in [-0.2, 0) is 4.74 Å². The highest BCUT2D eigenvalue weighted by molar-refractivity contribution is 5.63. The average molecular weight is 231 g/mol. The number of nitriles is 1. The number of nitrogens with zero attached hydrogens (tertiary/aromatic N) is 1. The number of hydrogen-bond acceptors (Lipinski definition) is 4. The number of nitrogens with two attached hydrogens (primary N) is 1. The molecule has 0 radical (unpaired) electrons. The minimum atomic E-state index is -0.117. The van der Waals surface area contributed by atoms with E-state index in [1.807, 2.05) is 6.07 Å². The molecule has 1 aromatic rings. The number of benzene rings is 1. The van der Waals surface area contributed by atoms with E-state index in [0.29, 0.717) is 17.8 Å². The second-order valence-corrected chi connectivity index (χ2v) is 4.67. The Kier molecular flexibility index (Phi) is 3.21. The molecule has 0 bridgehead atoms. The van der Waals surface area contributed by atoms with Gasteiger partial charge in [-0.15, -0.1) is 0 Å². The van der Waals surface area contributed by atoms with E-state index in [9.17, 15) is 0 Å². The van der Waals surface area contributed by atoms with Gasteiger partial charge in [-0.05, 0) is 38.0 Å². The summed E-state index contributed by atoms with van der Waals surface area (Å²) in [7, 11) is 0. The van der Waals surface area contributed by atoms with E-state index < -0.39 is 0 Å². The molecule has 1 atom stereocenters. The van der Waals surface area contributed by atoms with Crippen LogP contribution in [0.3, 0.4) is 0 Å². The lowest BCUT2D eigenvalue weighted by Crippen LogP contribution is -2.32. The van der Waals surface area contributed by atoms with Gasteiger partial charge in [0.2, 0.25) is 0 Å². The molecular weight excluding hydrogens is 214 g/mol. The molecular formula is C13H17N3O. The zero-order valence-corrected chi connectivity index (χ0v) is 9.99. The number of anilines is 2. The molecule has 3 N–H and O–H groups in total. The van der Waals surface area contributed by atoms with Gasteiger partial charge in [-0.1, -0.05) is 0 Å². The third-order valence-electron chi connectivity index (χ3n) is 3.12. The lowest BCUT2D eigenvalue weighted by molar-refractivity contribution is 0.0315. The molecule has 0 amide bonds. The van der Waals surface area contributed by atoms with Gasteiger partial charge in [0.05, 0.1) is 16.9 Å². The third-order valence-corrected chi connectivity index (χ3v) is 3.12. The van der Waals surface area contributed by atoms with Gasteiger partial charge in [-0.3, -0.25) is 0 Å². The molecule has 1 unspecified atom stereocenters. The first-order valence-corrected chi connectivity index (χ1v) is 5.80. The standard InChI is InChI=1S/C13H17N3O/c1-13(5-2-6-17-13)9-16-12-4-3-11(15)7-10(12)8-14/h3-4,7,16H,2,5-6,9,15H2,1H3. The smallest absolute Gasteiger partial charge is 0.101 e. The van der Waals surface area contributed by atoms with Gasteiger partial charge in [0, 0.05) is 18.8 Å². The molecule has 1 fully saturated rings. The van der Waals surface area contributed by atoms with Gasteiger partial charge >= 0.3 is 0 Å². The van der Waals surface area contributed by atoms with Crippen LogP contribution >= 0.6 is 0 Å². The van der Waals surface area contributed by atoms with Crippen molar-refractivity contribution in [2.75, 3.05) is 24.2 Å². The van der Waals surface area contributed by atoms with Crippen molar-refractivity contribution >= 4 is 11.4 Å². The average Bonchev–Trinajstić information content (AvgIpc) is 2.75. The first-order chi connectivity index (χ1) is 8.13. The van der Waals surface area contributed by atoms with E-state index in [-0.39, 0.29) is 5.60 Å². The number of nitrogens with one attached hydrogen (secondary N) is 1. The van der Waals surface area contributed by atoms with E-state index >= 15 is 0 Å². The van der Waals surface area contributed by atoms with Gasteiger partial charge in [0.15, 0.2) is 0 Å². The van der Waals surface area contributed by atoms with Crippen molar-refractivity contribution < 1.29 is 4.74 Å². The summed E-state index contributed by atoms with van der Waals surface area (Å²) in [5.41, 5.74) is 7.53. The highest BCUT2D eigenvalue weighted by Gasteiger charge is 2.29. The van der Waals surface area contributed by atoms with Crippen LogP contribution in [0.25, 0.3) is 0 Å². The van der Waals surface area contributed by atoms with Gasteiger partial charge in [0.25, 0.3) is 0 Å². The molecule has 1 saturated heterocycles. The largest absolute Gasteiger partial charge is 0.399 e. The molecule has 4 heteroatoms. The van der Waals surface area contributed by atoms with E-state index in [1.165, 1.54) is 0 Å². The van der Waals surface area contributed by atoms with Crippen LogP contribution in [0, 0.1) is 11.3 Å². The van der Waals surface area contributed by atoms with Gasteiger partial charge in [-0.25, -0.2) is 0 Å². The maximum Gasteiger partial charge on any atom is 0.101 e. The molecule has 4 nitrogen and oxygen atoms in total. The molecule has 2 rings (SSSR count). The van der Waals surface area contributed by atoms with E-state index in [2.05, 4.69) is 18.3 Å². The molecule has 1 heterocycles. The van der Waals surface area contributed by atoms with Crippen molar-refractivity contribution in [1.82, 2.24) is 0 Å². The van der Waals surface area contributed by atoms with Crippen LogP contribution in [0.15, 0.2) is 18.2 Å². The molecule has 0 saturated carbocycles. The Morgan fingerprint density at radius 1 is 1.59 bits per heavy atom. The van der Waals surface area contributed by atoms with Crippen molar-refractivity contribution in [2.45, 2.75) is 25.4 Å². The maximum absolute atomic E-state index is 9.02. The number of hydrogen-bond donors (Lipinski definition) is 2. The summed E-state index contributed by atoms with van der Waals surface area (Å²) < 4.78 is 5.69. The van der Waals surface area contributed by atoms with Crippen molar-refractivity contribution in [1.29, 1.82) is 5.26 Å². The van der Waals surface area contributed by atoms with Crippen LogP contribution in [0.4, 0.5) is 11.4 Å². The zero-order valence-electron chi connectivity index (χ0n) is 9.99. The Labute approximate surface area is 101 Å². The molecule has 0 aliphatic carbocycles. The normalized spacial score (nSPS) is 23.3. The Hall–Kier alpha value is -1.73. The fourth-order valence-corrected chi connectivity index (χ4v) is 2.07. The first-order valence-electron chi connectivity index (χ1n) is 5.80. The summed E-state index contributed by atoms with van der Waals surface area (Å²) in [5, 5.41) is 12.3. The van der Waals surface area contributed by atoms with Crippen molar-refractivity contribution in [3.05, 3.63) is 23.8 Å². The van der Waals surface area contributed by atoms with Crippen LogP contribution in [0.1, 0.15) is 25.3 Å². The quantitative estimate of drug-likeness (QED) is 0.782. The fraction of sp³-hybridized carbons (Fsp3) is 0.462. The van der Waals surface area contributed by atoms with Crippen LogP contribution in [0.2, 0.25) is 0 Å². The minimum absolute atomic E-state index is 0.117. The van der Waals surface area contributed by atoms with Crippen LogP contribution < -0.4 is 11.1 Å². The van der Waals surface area contributed by atoms with Crippen molar-refractivity contribution in [2.24, 2.45) is 0 Å². The van der Waals surface area contributed by atoms with Gasteiger partial charge < -0.3 is 15.8 Å². The molecule has 1 aliphatic heterocycles. The summed E-state index contributed by atoms with van der Waals surface area (Å²) in [6.45, 7) is 3.63. The van der Waals surface area contributed by atoms with Crippen molar-refractivity contribution in [3.63, 3.8) is 0 Å². The first kappa shape index (κ1) is 11.7. The Bertz CT molecular complexity index is 444. The predicted molar refractivity (Wildman–Crippen MR) is 67.7 cm³/mol. The summed E-state index contributed by atoms with van der Waals surface area (Å²) in [4.78, 5) is 0. The van der Waals surface area contributed by atoms with E-state index in [1.54, 1.807) is 12.1 Å². The SMILES string of the molecule is CC1(CNc2ccc(N)cc2C#N)CCCO1. The molecule has 1 aromatic carbocycles. The number of nitrogen functional groups attached to an aromatic ring is 1. The second kappa shape index (κ2) is 4.64. The monoisotopic (exact) mass is 231 g/mol. The summed E-state index contributed by atoms with van der Waals surface area (Å²) >= 11 is 0. The fourth-order valence-electron chi connectivity index (χ4n) is 2.07. The van der Waals surface area contributed by atoms with Crippen LogP contribution in [0.5, 0.6) is 0 Å². The molecule has 0 spiro atoms. The van der Waals surface area contributed by atoms with E-state index in [0.717, 1.165) is 25.1 Å². The minimum Gasteiger partial charge on any atom is -0.399 e. The summed E-state index contributed by atoms with van der Waals surface area (Å²) in [5.74, 6) is 0. The molecule has 1 aliphatic rings. The third kappa shape index (κ3) is 2.69. The summed E-state index contributed by atoms with van der Waals surface area (Å²) in [6, 6.07) is 7.45. The van der Waals surface area contributed by atoms with Crippen molar-refractivity contribution in [3.8, 4) is 6.07 Å². The lowest BCUT2D eigenvalue weighted by Gasteiger charge is -2.24. The highest BCUT2D eigenvalue weighted by atomic mass is 16.5. The predicted octanol–water partition coefficient (Wildman–Crippen LogP) is 2.12. The molecule has 17 heavy (non-hydrogen) atoms. The number of ether oxygens (including phenoxy) is 1. The van der Waals surface area contributed by atoms with Crippen LogP contribution in [-0.4, -0.2) is 18.8 Å². The van der Waals surface area contributed by atoms with Gasteiger partial charge in [-0.2, -0.15) is 5.26 Å². The van der Waals surface area contributed by atoms with E-state index in [4.69, 9.17) is 15.7 Å². The second-order valence-electron chi connectivity index (χ2n) is 4.67. The Balaban J connectivity index is 2.06. The van der Waals surface area contributed by atoms with Gasteiger partial charge in [0.1, 0.15) is 6.07 Å². The number of rotatable bonds is 3.